The van der Waals surface area contributed by atoms with E-state index in [0.29, 0.717) is 0 Å². The van der Waals surface area contributed by atoms with Gasteiger partial charge in [0.15, 0.2) is 11.5 Å². The summed E-state index contributed by atoms with van der Waals surface area (Å²) in [5.41, 5.74) is 2.17. The van der Waals surface area contributed by atoms with Crippen molar-refractivity contribution in [2.24, 2.45) is 0 Å². The van der Waals surface area contributed by atoms with Gasteiger partial charge < -0.3 is 14.8 Å². The van der Waals surface area contributed by atoms with E-state index in [0.717, 1.165) is 22.7 Å². The lowest BCUT2D eigenvalue weighted by Crippen LogP contribution is -2.07. The Kier molecular flexibility index (Phi) is 4.23. The van der Waals surface area contributed by atoms with Crippen molar-refractivity contribution in [1.82, 2.24) is 4.98 Å². The number of nitrogens with one attached hydrogen (secondary N) is 1. The molecule has 0 amide bonds. The van der Waals surface area contributed by atoms with Crippen LogP contribution in [0.25, 0.3) is 0 Å². The molecule has 1 aromatic heterocycles. The predicted octanol–water partition coefficient (Wildman–Crippen LogP) is 3.27. The highest BCUT2D eigenvalue weighted by Crippen LogP contribution is 2.30. The first-order valence-electron chi connectivity index (χ1n) is 6.13. The molecular formula is C15H18N2O2. The summed E-state index contributed by atoms with van der Waals surface area (Å²) >= 11 is 0. The van der Waals surface area contributed by atoms with Gasteiger partial charge in [-0.05, 0) is 36.8 Å². The molecule has 1 aromatic carbocycles. The summed E-state index contributed by atoms with van der Waals surface area (Å²) in [5.74, 6) is 1.48. The number of hydrogen-bond acceptors (Lipinski definition) is 4. The molecule has 0 aliphatic carbocycles. The van der Waals surface area contributed by atoms with Crippen molar-refractivity contribution in [3.8, 4) is 11.5 Å². The minimum atomic E-state index is 0.169. The highest BCUT2D eigenvalue weighted by molar-refractivity contribution is 5.47. The fraction of sp³-hybridized carbons (Fsp3) is 0.267. The molecule has 1 heterocycles. The van der Waals surface area contributed by atoms with Gasteiger partial charge in [-0.1, -0.05) is 6.07 Å². The molecule has 100 valence electrons. The van der Waals surface area contributed by atoms with Crippen LogP contribution in [0.5, 0.6) is 11.5 Å². The van der Waals surface area contributed by atoms with E-state index in [-0.39, 0.29) is 6.04 Å². The lowest BCUT2D eigenvalue weighted by molar-refractivity contribution is 0.354. The van der Waals surface area contributed by atoms with Gasteiger partial charge >= 0.3 is 0 Å². The molecule has 4 heteroatoms. The molecule has 2 aromatic rings. The summed E-state index contributed by atoms with van der Waals surface area (Å²) in [6.45, 7) is 2.10. The number of anilines is 1. The smallest absolute Gasteiger partial charge is 0.161 e. The Morgan fingerprint density at radius 2 is 1.68 bits per heavy atom. The number of benzene rings is 1. The second kappa shape index (κ2) is 6.09. The number of hydrogen-bond donors (Lipinski definition) is 1. The van der Waals surface area contributed by atoms with Gasteiger partial charge in [0.1, 0.15) is 0 Å². The molecule has 0 radical (unpaired) electrons. The van der Waals surface area contributed by atoms with Crippen LogP contribution >= 0.6 is 0 Å². The van der Waals surface area contributed by atoms with Gasteiger partial charge in [0, 0.05) is 24.1 Å². The first-order chi connectivity index (χ1) is 9.24. The third kappa shape index (κ3) is 3.16. The summed E-state index contributed by atoms with van der Waals surface area (Å²) in [5, 5.41) is 3.41. The van der Waals surface area contributed by atoms with Crippen LogP contribution in [-0.2, 0) is 0 Å². The Morgan fingerprint density at radius 1 is 1.00 bits per heavy atom. The van der Waals surface area contributed by atoms with E-state index >= 15 is 0 Å². The summed E-state index contributed by atoms with van der Waals surface area (Å²) in [6, 6.07) is 9.98. The topological polar surface area (TPSA) is 43.4 Å². The SMILES string of the molecule is COc1ccc(C(C)Nc2ccncc2)cc1OC. The third-order valence-corrected chi connectivity index (χ3v) is 2.97. The zero-order chi connectivity index (χ0) is 13.7. The summed E-state index contributed by atoms with van der Waals surface area (Å²) < 4.78 is 10.6. The van der Waals surface area contributed by atoms with Crippen molar-refractivity contribution in [2.45, 2.75) is 13.0 Å². The van der Waals surface area contributed by atoms with E-state index in [1.165, 1.54) is 0 Å². The van der Waals surface area contributed by atoms with Gasteiger partial charge in [0.25, 0.3) is 0 Å². The average molecular weight is 258 g/mol. The second-order valence-electron chi connectivity index (χ2n) is 4.22. The van der Waals surface area contributed by atoms with Gasteiger partial charge in [-0.25, -0.2) is 0 Å². The highest BCUT2D eigenvalue weighted by Gasteiger charge is 2.10. The summed E-state index contributed by atoms with van der Waals surface area (Å²) in [4.78, 5) is 4.00. The van der Waals surface area contributed by atoms with E-state index in [1.807, 2.05) is 30.3 Å². The lowest BCUT2D eigenvalue weighted by atomic mass is 10.1. The van der Waals surface area contributed by atoms with E-state index in [2.05, 4.69) is 17.2 Å². The molecule has 0 bridgehead atoms. The minimum absolute atomic E-state index is 0.169. The van der Waals surface area contributed by atoms with Crippen LogP contribution < -0.4 is 14.8 Å². The van der Waals surface area contributed by atoms with Crippen molar-refractivity contribution in [3.63, 3.8) is 0 Å². The highest BCUT2D eigenvalue weighted by atomic mass is 16.5. The van der Waals surface area contributed by atoms with E-state index in [9.17, 15) is 0 Å². The third-order valence-electron chi connectivity index (χ3n) is 2.97. The Labute approximate surface area is 113 Å². The summed E-state index contributed by atoms with van der Waals surface area (Å²) in [6.07, 6.45) is 3.54. The van der Waals surface area contributed by atoms with Gasteiger partial charge in [-0.3, -0.25) is 4.98 Å². The molecule has 1 unspecified atom stereocenters. The van der Waals surface area contributed by atoms with Crippen molar-refractivity contribution >= 4 is 5.69 Å². The second-order valence-corrected chi connectivity index (χ2v) is 4.22. The number of methoxy groups -OCH3 is 2. The van der Waals surface area contributed by atoms with Gasteiger partial charge in [-0.2, -0.15) is 0 Å². The Bertz CT molecular complexity index is 529. The molecule has 4 nitrogen and oxygen atoms in total. The van der Waals surface area contributed by atoms with Crippen molar-refractivity contribution in [1.29, 1.82) is 0 Å². The molecule has 0 spiro atoms. The molecule has 1 N–H and O–H groups in total. The molecule has 0 fully saturated rings. The number of pyridine rings is 1. The fourth-order valence-electron chi connectivity index (χ4n) is 1.90. The number of ether oxygens (including phenoxy) is 2. The lowest BCUT2D eigenvalue weighted by Gasteiger charge is -2.17. The standard InChI is InChI=1S/C15H18N2O2/c1-11(17-13-6-8-16-9-7-13)12-4-5-14(18-2)15(10-12)19-3/h4-11H,1-3H3,(H,16,17). The van der Waals surface area contributed by atoms with Crippen LogP contribution in [0.15, 0.2) is 42.7 Å². The quantitative estimate of drug-likeness (QED) is 0.893. The van der Waals surface area contributed by atoms with E-state index in [1.54, 1.807) is 26.6 Å². The van der Waals surface area contributed by atoms with Crippen molar-refractivity contribution < 1.29 is 9.47 Å². The largest absolute Gasteiger partial charge is 0.493 e. The number of nitrogens with zero attached hydrogens (tertiary/aromatic N) is 1. The Hall–Kier alpha value is -2.23. The molecule has 0 aliphatic rings. The van der Waals surface area contributed by atoms with Crippen LogP contribution in [0.4, 0.5) is 5.69 Å². The molecule has 2 rings (SSSR count). The molecule has 0 saturated carbocycles. The molecule has 0 aliphatic heterocycles. The zero-order valence-electron chi connectivity index (χ0n) is 11.4. The van der Waals surface area contributed by atoms with Crippen LogP contribution in [0, 0.1) is 0 Å². The maximum absolute atomic E-state index is 5.31. The van der Waals surface area contributed by atoms with Crippen molar-refractivity contribution in [3.05, 3.63) is 48.3 Å². The number of rotatable bonds is 5. The average Bonchev–Trinajstić information content (AvgIpc) is 2.47. The molecular weight excluding hydrogens is 240 g/mol. The molecule has 1 atom stereocenters. The zero-order valence-corrected chi connectivity index (χ0v) is 11.4. The number of aromatic nitrogens is 1. The maximum Gasteiger partial charge on any atom is 0.161 e. The van der Waals surface area contributed by atoms with Gasteiger partial charge in [-0.15, -0.1) is 0 Å². The van der Waals surface area contributed by atoms with Crippen LogP contribution in [0.1, 0.15) is 18.5 Å². The normalized spacial score (nSPS) is 11.7. The van der Waals surface area contributed by atoms with Crippen LogP contribution in [0.3, 0.4) is 0 Å². The van der Waals surface area contributed by atoms with Gasteiger partial charge in [0.05, 0.1) is 14.2 Å². The maximum atomic E-state index is 5.31. The van der Waals surface area contributed by atoms with Crippen molar-refractivity contribution in [2.75, 3.05) is 19.5 Å². The molecule has 19 heavy (non-hydrogen) atoms. The van der Waals surface area contributed by atoms with Crippen LogP contribution in [-0.4, -0.2) is 19.2 Å². The van der Waals surface area contributed by atoms with E-state index in [4.69, 9.17) is 9.47 Å². The fourth-order valence-corrected chi connectivity index (χ4v) is 1.90. The molecule has 0 saturated heterocycles. The van der Waals surface area contributed by atoms with Crippen LogP contribution in [0.2, 0.25) is 0 Å². The minimum Gasteiger partial charge on any atom is -0.493 e. The van der Waals surface area contributed by atoms with E-state index < -0.39 is 0 Å². The first kappa shape index (κ1) is 13.2. The Morgan fingerprint density at radius 3 is 2.32 bits per heavy atom. The first-order valence-corrected chi connectivity index (χ1v) is 6.13. The monoisotopic (exact) mass is 258 g/mol. The summed E-state index contributed by atoms with van der Waals surface area (Å²) in [7, 11) is 3.28. The predicted molar refractivity (Wildman–Crippen MR) is 75.8 cm³/mol. The Balaban J connectivity index is 2.17. The van der Waals surface area contributed by atoms with Gasteiger partial charge in [0.2, 0.25) is 0 Å².